The van der Waals surface area contributed by atoms with Gasteiger partial charge >= 0.3 is 0 Å². The van der Waals surface area contributed by atoms with Crippen LogP contribution in [0, 0.1) is 17.8 Å². The van der Waals surface area contributed by atoms with Crippen LogP contribution in [0.5, 0.6) is 0 Å². The summed E-state index contributed by atoms with van der Waals surface area (Å²) >= 11 is 0. The molecule has 4 atom stereocenters. The van der Waals surface area contributed by atoms with Crippen molar-refractivity contribution < 1.29 is 17.0 Å². The molecule has 2 nitrogen and oxygen atoms in total. The van der Waals surface area contributed by atoms with E-state index in [4.69, 9.17) is 0 Å². The molecule has 5 rings (SSSR count). The van der Waals surface area contributed by atoms with Crippen LogP contribution < -0.4 is 12.4 Å². The van der Waals surface area contributed by atoms with Crippen molar-refractivity contribution in [3.8, 4) is 0 Å². The second-order valence-corrected chi connectivity index (χ2v) is 8.89. The van der Waals surface area contributed by atoms with Gasteiger partial charge in [-0.15, -0.1) is 12.4 Å². The topological polar surface area (TPSA) is 6.25 Å². The van der Waals surface area contributed by atoms with Crippen molar-refractivity contribution in [1.29, 1.82) is 0 Å². The predicted octanol–water partition coefficient (Wildman–Crippen LogP) is 1.84. The summed E-state index contributed by atoms with van der Waals surface area (Å²) in [7, 11) is 2.33. The van der Waals surface area contributed by atoms with Crippen LogP contribution in [0.1, 0.15) is 36.3 Å². The van der Waals surface area contributed by atoms with E-state index in [9.17, 15) is 0 Å². The zero-order valence-electron chi connectivity index (χ0n) is 17.2. The molecule has 2 aromatic rings. The molecule has 0 amide bonds. The van der Waals surface area contributed by atoms with Gasteiger partial charge in [0.05, 0.1) is 0 Å². The van der Waals surface area contributed by atoms with E-state index in [-0.39, 0.29) is 24.8 Å². The summed E-state index contributed by atoms with van der Waals surface area (Å²) in [5.74, 6) is 3.13. The average molecular weight is 431 g/mol. The molecule has 156 valence electrons. The van der Waals surface area contributed by atoms with Crippen LogP contribution in [0.25, 0.3) is 0 Å². The van der Waals surface area contributed by atoms with Gasteiger partial charge in [-0.2, -0.15) is 0 Å². The largest absolute Gasteiger partial charge is 1.00 e. The summed E-state index contributed by atoms with van der Waals surface area (Å²) in [6.07, 6.45) is 4.04. The number of hydrogen-bond donors (Lipinski definition) is 0. The number of likely N-dealkylation sites (tertiary alicyclic amines) is 1. The molecular formula is C25H32Cl2N2. The number of halogens is 2. The van der Waals surface area contributed by atoms with E-state index in [1.807, 2.05) is 0 Å². The van der Waals surface area contributed by atoms with Crippen LogP contribution in [0.3, 0.4) is 0 Å². The van der Waals surface area contributed by atoms with Gasteiger partial charge in [-0.3, -0.25) is 4.90 Å². The Morgan fingerprint density at radius 2 is 1.52 bits per heavy atom. The lowest BCUT2D eigenvalue weighted by molar-refractivity contribution is -0.507. The van der Waals surface area contributed by atoms with Crippen LogP contribution in [0.2, 0.25) is 0 Å². The van der Waals surface area contributed by atoms with Gasteiger partial charge < -0.3 is 12.4 Å². The molecule has 1 saturated heterocycles. The fourth-order valence-electron chi connectivity index (χ4n) is 6.12. The lowest BCUT2D eigenvalue weighted by atomic mass is 9.63. The van der Waals surface area contributed by atoms with Gasteiger partial charge in [-0.1, -0.05) is 60.7 Å². The van der Waals surface area contributed by atoms with Crippen LogP contribution in [0.15, 0.2) is 60.7 Å². The number of hydrogen-bond acceptors (Lipinski definition) is 1. The third-order valence-corrected chi connectivity index (χ3v) is 7.35. The average Bonchev–Trinajstić information content (AvgIpc) is 3.13. The van der Waals surface area contributed by atoms with Gasteiger partial charge in [0.2, 0.25) is 0 Å². The van der Waals surface area contributed by atoms with Gasteiger partial charge in [-0.05, 0) is 35.3 Å². The Labute approximate surface area is 187 Å². The van der Waals surface area contributed by atoms with E-state index in [0.29, 0.717) is 5.92 Å². The number of fused-ring (bicyclic) bond motifs is 3. The summed E-state index contributed by atoms with van der Waals surface area (Å²) in [5, 5.41) is 0. The molecule has 0 aromatic heterocycles. The van der Waals surface area contributed by atoms with E-state index < -0.39 is 0 Å². The SMILES string of the molecule is C[N+]1=C2CC(c3ccccc3)C3CN(Cc4ccccc4)CC3C2CCC1.Cl.[Cl-]. The summed E-state index contributed by atoms with van der Waals surface area (Å²) in [6, 6.07) is 22.4. The Morgan fingerprint density at radius 1 is 0.897 bits per heavy atom. The molecule has 2 heterocycles. The Hall–Kier alpha value is -1.35. The maximum atomic E-state index is 2.73. The Bertz CT molecular complexity index is 821. The van der Waals surface area contributed by atoms with Crippen molar-refractivity contribution in [1.82, 2.24) is 4.90 Å². The Kier molecular flexibility index (Phi) is 7.42. The van der Waals surface area contributed by atoms with Gasteiger partial charge in [0, 0.05) is 38.4 Å². The van der Waals surface area contributed by atoms with Crippen molar-refractivity contribution >= 4 is 18.1 Å². The van der Waals surface area contributed by atoms with E-state index in [2.05, 4.69) is 77.2 Å². The first-order valence-corrected chi connectivity index (χ1v) is 10.7. The van der Waals surface area contributed by atoms with E-state index in [1.165, 1.54) is 44.5 Å². The minimum Gasteiger partial charge on any atom is -1.00 e. The van der Waals surface area contributed by atoms with E-state index in [1.54, 1.807) is 11.3 Å². The molecule has 1 aliphatic carbocycles. The molecule has 0 bridgehead atoms. The van der Waals surface area contributed by atoms with E-state index in [0.717, 1.165) is 24.3 Å². The molecule has 3 aliphatic rings. The number of benzene rings is 2. The summed E-state index contributed by atoms with van der Waals surface area (Å²) < 4.78 is 2.60. The summed E-state index contributed by atoms with van der Waals surface area (Å²) in [5.41, 5.74) is 4.76. The second-order valence-electron chi connectivity index (χ2n) is 8.89. The summed E-state index contributed by atoms with van der Waals surface area (Å²) in [6.45, 7) is 4.88. The van der Waals surface area contributed by atoms with Crippen molar-refractivity contribution in [2.24, 2.45) is 17.8 Å². The first-order chi connectivity index (χ1) is 13.3. The first kappa shape index (κ1) is 22.3. The first-order valence-electron chi connectivity index (χ1n) is 10.7. The molecule has 1 saturated carbocycles. The highest BCUT2D eigenvalue weighted by molar-refractivity contribution is 5.85. The van der Waals surface area contributed by atoms with Crippen LogP contribution >= 0.6 is 12.4 Å². The zero-order valence-corrected chi connectivity index (χ0v) is 18.8. The standard InChI is InChI=1S/C25H31N2.2ClH/c1-26-14-8-13-21-23-17-27(16-19-9-4-2-5-10-19)18-24(23)22(15-25(21)26)20-11-6-3-7-12-20;;/h2-7,9-12,21-24H,8,13-18H2,1H3;2*1H/q+1;;/p-1. The molecule has 2 aromatic carbocycles. The smallest absolute Gasteiger partial charge is 0.156 e. The minimum absolute atomic E-state index is 0. The summed E-state index contributed by atoms with van der Waals surface area (Å²) in [4.78, 5) is 2.73. The molecule has 2 aliphatic heterocycles. The number of rotatable bonds is 3. The van der Waals surface area contributed by atoms with Crippen LogP contribution in [-0.4, -0.2) is 41.9 Å². The number of nitrogens with zero attached hydrogens (tertiary/aromatic N) is 2. The third-order valence-electron chi connectivity index (χ3n) is 7.35. The monoisotopic (exact) mass is 430 g/mol. The van der Waals surface area contributed by atoms with Crippen molar-refractivity contribution in [2.75, 3.05) is 26.7 Å². The fraction of sp³-hybridized carbons (Fsp3) is 0.480. The molecule has 4 unspecified atom stereocenters. The van der Waals surface area contributed by atoms with Crippen LogP contribution in [0.4, 0.5) is 0 Å². The van der Waals surface area contributed by atoms with Gasteiger partial charge in [0.25, 0.3) is 0 Å². The molecule has 29 heavy (non-hydrogen) atoms. The molecule has 4 heteroatoms. The van der Waals surface area contributed by atoms with Crippen molar-refractivity contribution in [3.63, 3.8) is 0 Å². The van der Waals surface area contributed by atoms with Gasteiger partial charge in [0.15, 0.2) is 5.71 Å². The van der Waals surface area contributed by atoms with Crippen molar-refractivity contribution in [2.45, 2.75) is 31.7 Å². The molecule has 0 spiro atoms. The van der Waals surface area contributed by atoms with Gasteiger partial charge in [0.1, 0.15) is 13.6 Å². The zero-order chi connectivity index (χ0) is 18.2. The lowest BCUT2D eigenvalue weighted by Crippen LogP contribution is -3.00. The Morgan fingerprint density at radius 3 is 2.21 bits per heavy atom. The quantitative estimate of drug-likeness (QED) is 0.673. The highest BCUT2D eigenvalue weighted by atomic mass is 35.5. The molecule has 0 N–H and O–H groups in total. The molecule has 2 fully saturated rings. The maximum absolute atomic E-state index is 2.73. The van der Waals surface area contributed by atoms with Crippen LogP contribution in [-0.2, 0) is 6.54 Å². The second kappa shape index (κ2) is 9.64. The maximum Gasteiger partial charge on any atom is 0.156 e. The van der Waals surface area contributed by atoms with E-state index >= 15 is 0 Å². The predicted molar refractivity (Wildman–Crippen MR) is 119 cm³/mol. The molecule has 0 radical (unpaired) electrons. The Balaban J connectivity index is 0.00000120. The highest BCUT2D eigenvalue weighted by Crippen LogP contribution is 2.49. The molecular weight excluding hydrogens is 399 g/mol. The van der Waals surface area contributed by atoms with Crippen molar-refractivity contribution in [3.05, 3.63) is 71.8 Å². The van der Waals surface area contributed by atoms with Gasteiger partial charge in [-0.25, -0.2) is 4.58 Å². The minimum atomic E-state index is 0. The fourth-order valence-corrected chi connectivity index (χ4v) is 6.12. The highest BCUT2D eigenvalue weighted by Gasteiger charge is 2.51. The third kappa shape index (κ3) is 4.40. The normalized spacial score (nSPS) is 28.7. The lowest BCUT2D eigenvalue weighted by Gasteiger charge is -2.40.